The highest BCUT2D eigenvalue weighted by Gasteiger charge is 2.54. The van der Waals surface area contributed by atoms with Crippen molar-refractivity contribution in [3.63, 3.8) is 0 Å². The molecular weight excluding hydrogens is 349 g/mol. The summed E-state index contributed by atoms with van der Waals surface area (Å²) >= 11 is 0. The van der Waals surface area contributed by atoms with Crippen LogP contribution in [0.25, 0.3) is 0 Å². The molecular formula is C17H11F3N4O2. The van der Waals surface area contributed by atoms with Crippen LogP contribution in [-0.2, 0) is 16.1 Å². The number of hydrogen-bond donors (Lipinski definition) is 0. The summed E-state index contributed by atoms with van der Waals surface area (Å²) in [5, 5.41) is 8.95. The van der Waals surface area contributed by atoms with Crippen LogP contribution in [0.3, 0.4) is 0 Å². The van der Waals surface area contributed by atoms with Crippen molar-refractivity contribution in [3.8, 4) is 0 Å². The number of hydrogen-bond acceptors (Lipinski definition) is 5. The van der Waals surface area contributed by atoms with E-state index in [0.29, 0.717) is 5.56 Å². The molecule has 9 heteroatoms. The van der Waals surface area contributed by atoms with Crippen LogP contribution in [0.2, 0.25) is 0 Å². The summed E-state index contributed by atoms with van der Waals surface area (Å²) in [7, 11) is 0. The zero-order valence-electron chi connectivity index (χ0n) is 13.1. The Hall–Kier alpha value is -3.23. The van der Waals surface area contributed by atoms with Crippen molar-refractivity contribution in [1.82, 2.24) is 5.01 Å². The van der Waals surface area contributed by atoms with E-state index in [-0.39, 0.29) is 12.2 Å². The van der Waals surface area contributed by atoms with Gasteiger partial charge in [0.25, 0.3) is 11.8 Å². The first kappa shape index (κ1) is 16.2. The number of fused-ring (bicyclic) bond motifs is 1. The second-order valence-electron chi connectivity index (χ2n) is 5.93. The molecule has 0 saturated carbocycles. The molecule has 0 spiro atoms. The third-order valence-electron chi connectivity index (χ3n) is 4.25. The summed E-state index contributed by atoms with van der Waals surface area (Å²) in [6, 6.07) is 6.44. The standard InChI is InChI=1S/C17H11F3N4O2/c18-10-3-1-2-9(6-10)8-23-15-14(21-22-23)16(25)24(17(15)26)11-4-5-12(19)13(20)7-11/h1-7,14-15H,8H2/t14-,15-/m0/s1. The van der Waals surface area contributed by atoms with Gasteiger partial charge >= 0.3 is 0 Å². The van der Waals surface area contributed by atoms with E-state index in [1.807, 2.05) is 0 Å². The fourth-order valence-corrected chi connectivity index (χ4v) is 3.05. The average Bonchev–Trinajstić information content (AvgIpc) is 3.11. The van der Waals surface area contributed by atoms with Gasteiger partial charge in [-0.2, -0.15) is 5.11 Å². The highest BCUT2D eigenvalue weighted by molar-refractivity contribution is 6.25. The van der Waals surface area contributed by atoms with Gasteiger partial charge in [-0.15, -0.1) is 0 Å². The number of carbonyl (C=O) groups is 2. The molecule has 26 heavy (non-hydrogen) atoms. The van der Waals surface area contributed by atoms with Gasteiger partial charge < -0.3 is 0 Å². The lowest BCUT2D eigenvalue weighted by molar-refractivity contribution is -0.123. The van der Waals surface area contributed by atoms with E-state index in [9.17, 15) is 22.8 Å². The molecule has 2 aromatic carbocycles. The minimum absolute atomic E-state index is 0.0748. The van der Waals surface area contributed by atoms with E-state index in [1.165, 1.54) is 23.2 Å². The maximum atomic E-state index is 13.5. The minimum Gasteiger partial charge on any atom is -0.271 e. The first-order valence-corrected chi connectivity index (χ1v) is 7.70. The van der Waals surface area contributed by atoms with Crippen LogP contribution in [0, 0.1) is 17.5 Å². The molecule has 2 aromatic rings. The van der Waals surface area contributed by atoms with E-state index in [4.69, 9.17) is 0 Å². The number of nitrogens with zero attached hydrogens (tertiary/aromatic N) is 4. The summed E-state index contributed by atoms with van der Waals surface area (Å²) < 4.78 is 39.9. The summed E-state index contributed by atoms with van der Waals surface area (Å²) in [6.45, 7) is 0.0765. The summed E-state index contributed by atoms with van der Waals surface area (Å²) in [4.78, 5) is 26.0. The van der Waals surface area contributed by atoms with Crippen molar-refractivity contribution in [2.24, 2.45) is 10.3 Å². The number of halogens is 3. The highest BCUT2D eigenvalue weighted by atomic mass is 19.2. The molecule has 2 aliphatic rings. The normalized spacial score (nSPS) is 21.7. The van der Waals surface area contributed by atoms with Crippen LogP contribution >= 0.6 is 0 Å². The molecule has 0 aromatic heterocycles. The molecule has 0 bridgehead atoms. The highest BCUT2D eigenvalue weighted by Crippen LogP contribution is 2.33. The van der Waals surface area contributed by atoms with Crippen LogP contribution < -0.4 is 4.90 Å². The van der Waals surface area contributed by atoms with Crippen LogP contribution in [0.5, 0.6) is 0 Å². The molecule has 0 unspecified atom stereocenters. The molecule has 2 aliphatic heterocycles. The van der Waals surface area contributed by atoms with E-state index < -0.39 is 41.3 Å². The molecule has 0 radical (unpaired) electrons. The molecule has 0 N–H and O–H groups in total. The molecule has 2 atom stereocenters. The number of rotatable bonds is 3. The lowest BCUT2D eigenvalue weighted by Gasteiger charge is -2.20. The van der Waals surface area contributed by atoms with Crippen molar-refractivity contribution >= 4 is 17.5 Å². The fourth-order valence-electron chi connectivity index (χ4n) is 3.05. The van der Waals surface area contributed by atoms with Gasteiger partial charge in [-0.25, -0.2) is 18.1 Å². The number of amides is 2. The Kier molecular flexibility index (Phi) is 3.71. The van der Waals surface area contributed by atoms with Crippen molar-refractivity contribution < 1.29 is 22.8 Å². The third kappa shape index (κ3) is 2.52. The molecule has 6 nitrogen and oxygen atoms in total. The summed E-state index contributed by atoms with van der Waals surface area (Å²) in [5.74, 6) is -4.00. The Morgan fingerprint density at radius 3 is 2.50 bits per heavy atom. The zero-order chi connectivity index (χ0) is 18.4. The van der Waals surface area contributed by atoms with Crippen LogP contribution in [0.1, 0.15) is 5.56 Å². The number of carbonyl (C=O) groups excluding carboxylic acids is 2. The van der Waals surface area contributed by atoms with Crippen LogP contribution in [-0.4, -0.2) is 28.9 Å². The van der Waals surface area contributed by atoms with Gasteiger partial charge in [0.1, 0.15) is 5.82 Å². The maximum absolute atomic E-state index is 13.5. The minimum atomic E-state index is -1.17. The Balaban J connectivity index is 1.62. The van der Waals surface area contributed by atoms with Gasteiger partial charge in [-0.3, -0.25) is 14.6 Å². The summed E-state index contributed by atoms with van der Waals surface area (Å²) in [6.07, 6.45) is 0. The van der Waals surface area contributed by atoms with Gasteiger partial charge in [-0.1, -0.05) is 17.4 Å². The van der Waals surface area contributed by atoms with E-state index in [2.05, 4.69) is 10.3 Å². The van der Waals surface area contributed by atoms with Gasteiger partial charge in [0, 0.05) is 6.07 Å². The number of anilines is 1. The van der Waals surface area contributed by atoms with Crippen molar-refractivity contribution in [2.45, 2.75) is 18.6 Å². The molecule has 0 aliphatic carbocycles. The van der Waals surface area contributed by atoms with E-state index in [1.54, 1.807) is 6.07 Å². The lowest BCUT2D eigenvalue weighted by Crippen LogP contribution is -2.39. The summed E-state index contributed by atoms with van der Waals surface area (Å²) in [5.41, 5.74) is 0.477. The third-order valence-corrected chi connectivity index (χ3v) is 4.25. The van der Waals surface area contributed by atoms with Crippen molar-refractivity contribution in [3.05, 3.63) is 65.5 Å². The molecule has 132 valence electrons. The first-order valence-electron chi connectivity index (χ1n) is 7.70. The topological polar surface area (TPSA) is 65.3 Å². The Morgan fingerprint density at radius 2 is 1.77 bits per heavy atom. The van der Waals surface area contributed by atoms with Gasteiger partial charge in [0.05, 0.1) is 12.2 Å². The van der Waals surface area contributed by atoms with Crippen LogP contribution in [0.4, 0.5) is 18.9 Å². The Bertz CT molecular complexity index is 949. The van der Waals surface area contributed by atoms with Crippen LogP contribution in [0.15, 0.2) is 52.8 Å². The second-order valence-corrected chi connectivity index (χ2v) is 5.93. The van der Waals surface area contributed by atoms with E-state index >= 15 is 0 Å². The van der Waals surface area contributed by atoms with Crippen molar-refractivity contribution in [2.75, 3.05) is 4.90 Å². The van der Waals surface area contributed by atoms with Gasteiger partial charge in [0.2, 0.25) is 0 Å². The number of imide groups is 1. The smallest absolute Gasteiger partial charge is 0.263 e. The largest absolute Gasteiger partial charge is 0.271 e. The lowest BCUT2D eigenvalue weighted by atomic mass is 10.1. The fraction of sp³-hybridized carbons (Fsp3) is 0.176. The average molecular weight is 360 g/mol. The predicted octanol–water partition coefficient (Wildman–Crippen LogP) is 2.60. The Morgan fingerprint density at radius 1 is 0.962 bits per heavy atom. The molecule has 2 heterocycles. The first-order chi connectivity index (χ1) is 12.5. The predicted molar refractivity (Wildman–Crippen MR) is 83.2 cm³/mol. The maximum Gasteiger partial charge on any atom is 0.263 e. The second kappa shape index (κ2) is 5.94. The monoisotopic (exact) mass is 360 g/mol. The molecule has 4 rings (SSSR count). The molecule has 2 amide bonds. The SMILES string of the molecule is O=C1[C@H]2N=NN(Cc3cccc(F)c3)[C@@H]2C(=O)N1c1ccc(F)c(F)c1. The molecule has 1 saturated heterocycles. The zero-order valence-corrected chi connectivity index (χ0v) is 13.1. The quantitative estimate of drug-likeness (QED) is 0.791. The van der Waals surface area contributed by atoms with E-state index in [0.717, 1.165) is 23.1 Å². The Labute approximate surface area is 145 Å². The van der Waals surface area contributed by atoms with Crippen molar-refractivity contribution in [1.29, 1.82) is 0 Å². The number of benzene rings is 2. The van der Waals surface area contributed by atoms with Gasteiger partial charge in [0.15, 0.2) is 23.7 Å². The van der Waals surface area contributed by atoms with Gasteiger partial charge in [-0.05, 0) is 29.8 Å². The molecule has 1 fully saturated rings.